The average molecular weight is 276 g/mol. The Morgan fingerprint density at radius 3 is 2.89 bits per heavy atom. The van der Waals surface area contributed by atoms with E-state index < -0.39 is 6.10 Å². The van der Waals surface area contributed by atoms with Gasteiger partial charge in [-0.1, -0.05) is 18.2 Å². The molecule has 3 heteroatoms. The van der Waals surface area contributed by atoms with Crippen LogP contribution in [0.25, 0.3) is 11.0 Å². The van der Waals surface area contributed by atoms with Gasteiger partial charge in [-0.15, -0.1) is 0 Å². The van der Waals surface area contributed by atoms with Gasteiger partial charge in [-0.25, -0.2) is 0 Å². The Morgan fingerprint density at radius 1 is 1.37 bits per heavy atom. The van der Waals surface area contributed by atoms with Crippen LogP contribution in [-0.4, -0.2) is 16.6 Å². The second-order valence-corrected chi connectivity index (χ2v) is 6.67. The lowest BCUT2D eigenvalue weighted by Crippen LogP contribution is -2.13. The maximum absolute atomic E-state index is 10.4. The summed E-state index contributed by atoms with van der Waals surface area (Å²) in [5.74, 6) is 3.83. The first-order chi connectivity index (χ1) is 9.24. The van der Waals surface area contributed by atoms with Crippen LogP contribution in [0.3, 0.4) is 0 Å². The van der Waals surface area contributed by atoms with E-state index in [4.69, 9.17) is 4.42 Å². The number of aliphatic hydroxyl groups is 1. The molecule has 2 heterocycles. The number of para-hydroxylation sites is 1. The fourth-order valence-electron chi connectivity index (χ4n) is 2.81. The normalized spacial score (nSPS) is 18.8. The van der Waals surface area contributed by atoms with Gasteiger partial charge in [0.15, 0.2) is 0 Å². The lowest BCUT2D eigenvalue weighted by Gasteiger charge is -2.22. The molecular formula is C16H20O2S. The maximum Gasteiger partial charge on any atom is 0.137 e. The lowest BCUT2D eigenvalue weighted by atomic mass is 9.94. The van der Waals surface area contributed by atoms with E-state index in [1.165, 1.54) is 24.3 Å². The van der Waals surface area contributed by atoms with Crippen molar-refractivity contribution >= 4 is 22.7 Å². The van der Waals surface area contributed by atoms with Gasteiger partial charge in [-0.3, -0.25) is 0 Å². The van der Waals surface area contributed by atoms with Crippen LogP contribution in [0.5, 0.6) is 0 Å². The first-order valence-electron chi connectivity index (χ1n) is 6.99. The van der Waals surface area contributed by atoms with E-state index in [-0.39, 0.29) is 0 Å². The van der Waals surface area contributed by atoms with E-state index >= 15 is 0 Å². The Hall–Kier alpha value is -0.930. The molecule has 1 fully saturated rings. The van der Waals surface area contributed by atoms with Crippen LogP contribution < -0.4 is 0 Å². The second-order valence-electron chi connectivity index (χ2n) is 5.45. The third kappa shape index (κ3) is 2.82. The minimum Gasteiger partial charge on any atom is -0.458 e. The highest BCUT2D eigenvalue weighted by Crippen LogP contribution is 2.33. The molecule has 0 spiro atoms. The molecule has 0 bridgehead atoms. The highest BCUT2D eigenvalue weighted by Gasteiger charge is 2.21. The number of furan rings is 1. The molecule has 1 unspecified atom stereocenters. The number of aryl methyl sites for hydroxylation is 1. The minimum atomic E-state index is -0.458. The van der Waals surface area contributed by atoms with Crippen LogP contribution in [-0.2, 0) is 0 Å². The van der Waals surface area contributed by atoms with E-state index in [0.29, 0.717) is 5.92 Å². The van der Waals surface area contributed by atoms with Crippen molar-refractivity contribution in [2.75, 3.05) is 11.5 Å². The monoisotopic (exact) mass is 276 g/mol. The summed E-state index contributed by atoms with van der Waals surface area (Å²) in [5, 5.41) is 11.5. The first-order valence-corrected chi connectivity index (χ1v) is 8.14. The van der Waals surface area contributed by atoms with E-state index in [9.17, 15) is 5.11 Å². The number of rotatable bonds is 3. The number of hydrogen-bond donors (Lipinski definition) is 1. The number of benzene rings is 1. The fourth-order valence-corrected chi connectivity index (χ4v) is 4.01. The molecule has 2 aromatic rings. The summed E-state index contributed by atoms with van der Waals surface area (Å²) < 4.78 is 5.85. The van der Waals surface area contributed by atoms with Gasteiger partial charge in [-0.2, -0.15) is 11.8 Å². The summed E-state index contributed by atoms with van der Waals surface area (Å²) in [7, 11) is 0. The summed E-state index contributed by atoms with van der Waals surface area (Å²) in [6.45, 7) is 2.04. The molecule has 1 aliphatic heterocycles. The number of aliphatic hydroxyl groups excluding tert-OH is 1. The van der Waals surface area contributed by atoms with Crippen molar-refractivity contribution in [1.29, 1.82) is 0 Å². The Bertz CT molecular complexity index is 555. The predicted molar refractivity (Wildman–Crippen MR) is 80.6 cm³/mol. The van der Waals surface area contributed by atoms with Gasteiger partial charge in [0, 0.05) is 5.39 Å². The van der Waals surface area contributed by atoms with Gasteiger partial charge in [0.1, 0.15) is 17.4 Å². The van der Waals surface area contributed by atoms with Gasteiger partial charge in [0.05, 0.1) is 0 Å². The van der Waals surface area contributed by atoms with E-state index in [1.807, 2.05) is 43.0 Å². The van der Waals surface area contributed by atoms with Crippen LogP contribution >= 0.6 is 11.8 Å². The Kier molecular flexibility index (Phi) is 3.85. The molecule has 0 saturated carbocycles. The fraction of sp³-hybridized carbons (Fsp3) is 0.500. The Balaban J connectivity index is 1.77. The topological polar surface area (TPSA) is 33.4 Å². The Labute approximate surface area is 118 Å². The predicted octanol–water partition coefficient (Wildman–Crippen LogP) is 4.31. The van der Waals surface area contributed by atoms with Crippen LogP contribution in [0.4, 0.5) is 0 Å². The van der Waals surface area contributed by atoms with Gasteiger partial charge in [0.25, 0.3) is 0 Å². The molecule has 102 valence electrons. The van der Waals surface area contributed by atoms with Crippen molar-refractivity contribution in [3.8, 4) is 0 Å². The summed E-state index contributed by atoms with van der Waals surface area (Å²) in [5.41, 5.74) is 2.04. The van der Waals surface area contributed by atoms with E-state index in [2.05, 4.69) is 0 Å². The van der Waals surface area contributed by atoms with Gasteiger partial charge < -0.3 is 9.52 Å². The van der Waals surface area contributed by atoms with Gasteiger partial charge in [0.2, 0.25) is 0 Å². The maximum atomic E-state index is 10.4. The van der Waals surface area contributed by atoms with E-state index in [1.54, 1.807) is 0 Å². The standard InChI is InChI=1S/C16H20O2S/c1-11-3-2-4-13-10-15(18-16(11)13)14(17)9-12-5-7-19-8-6-12/h2-4,10,12,14,17H,5-9H2,1H3. The van der Waals surface area contributed by atoms with Crippen LogP contribution in [0.1, 0.15) is 36.7 Å². The molecule has 0 radical (unpaired) electrons. The van der Waals surface area contributed by atoms with E-state index in [0.717, 1.165) is 28.7 Å². The van der Waals surface area contributed by atoms with Crippen LogP contribution in [0.15, 0.2) is 28.7 Å². The number of thioether (sulfide) groups is 1. The highest BCUT2D eigenvalue weighted by atomic mass is 32.2. The number of fused-ring (bicyclic) bond motifs is 1. The summed E-state index contributed by atoms with van der Waals surface area (Å²) in [6.07, 6.45) is 2.82. The summed E-state index contributed by atoms with van der Waals surface area (Å²) in [4.78, 5) is 0. The third-order valence-electron chi connectivity index (χ3n) is 3.99. The molecule has 1 atom stereocenters. The molecule has 0 amide bonds. The van der Waals surface area contributed by atoms with Gasteiger partial charge >= 0.3 is 0 Å². The zero-order chi connectivity index (χ0) is 13.2. The molecule has 1 aromatic heterocycles. The molecule has 1 N–H and O–H groups in total. The molecule has 1 aromatic carbocycles. The second kappa shape index (κ2) is 5.59. The molecule has 1 aliphatic rings. The van der Waals surface area contributed by atoms with Crippen molar-refractivity contribution in [2.45, 2.75) is 32.3 Å². The van der Waals surface area contributed by atoms with Crippen LogP contribution in [0, 0.1) is 12.8 Å². The molecule has 3 rings (SSSR count). The molecule has 1 saturated heterocycles. The summed E-state index contributed by atoms with van der Waals surface area (Å²) in [6, 6.07) is 8.10. The molecule has 0 aliphatic carbocycles. The zero-order valence-corrected chi connectivity index (χ0v) is 12.1. The molecule has 2 nitrogen and oxygen atoms in total. The largest absolute Gasteiger partial charge is 0.458 e. The number of hydrogen-bond acceptors (Lipinski definition) is 3. The van der Waals surface area contributed by atoms with Crippen molar-refractivity contribution in [3.63, 3.8) is 0 Å². The van der Waals surface area contributed by atoms with Crippen molar-refractivity contribution < 1.29 is 9.52 Å². The SMILES string of the molecule is Cc1cccc2cc(C(O)CC3CCSCC3)oc12. The van der Waals surface area contributed by atoms with Gasteiger partial charge in [-0.05, 0) is 55.2 Å². The molecular weight excluding hydrogens is 256 g/mol. The highest BCUT2D eigenvalue weighted by molar-refractivity contribution is 7.99. The average Bonchev–Trinajstić information content (AvgIpc) is 2.85. The Morgan fingerprint density at radius 2 is 2.16 bits per heavy atom. The third-order valence-corrected chi connectivity index (χ3v) is 5.03. The summed E-state index contributed by atoms with van der Waals surface area (Å²) >= 11 is 2.02. The zero-order valence-electron chi connectivity index (χ0n) is 11.3. The molecule has 19 heavy (non-hydrogen) atoms. The lowest BCUT2D eigenvalue weighted by molar-refractivity contribution is 0.119. The van der Waals surface area contributed by atoms with Crippen molar-refractivity contribution in [2.24, 2.45) is 5.92 Å². The quantitative estimate of drug-likeness (QED) is 0.907. The first kappa shape index (κ1) is 13.1. The van der Waals surface area contributed by atoms with Crippen LogP contribution in [0.2, 0.25) is 0 Å². The van der Waals surface area contributed by atoms with Crippen molar-refractivity contribution in [3.05, 3.63) is 35.6 Å². The minimum absolute atomic E-state index is 0.458. The smallest absolute Gasteiger partial charge is 0.137 e. The van der Waals surface area contributed by atoms with Crippen molar-refractivity contribution in [1.82, 2.24) is 0 Å².